The normalized spacial score (nSPS) is 21.1. The van der Waals surface area contributed by atoms with Crippen LogP contribution >= 0.6 is 11.6 Å². The van der Waals surface area contributed by atoms with Gasteiger partial charge in [-0.15, -0.1) is 0 Å². The first-order chi connectivity index (χ1) is 18.3. The molecule has 0 fully saturated rings. The van der Waals surface area contributed by atoms with Crippen molar-refractivity contribution in [2.75, 3.05) is 21.3 Å². The summed E-state index contributed by atoms with van der Waals surface area (Å²) in [6.45, 7) is 2.08. The third kappa shape index (κ3) is 4.10. The zero-order valence-corrected chi connectivity index (χ0v) is 22.1. The minimum atomic E-state index is -1.75. The third-order valence-electron chi connectivity index (χ3n) is 6.86. The second kappa shape index (κ2) is 10.1. The van der Waals surface area contributed by atoms with Crippen molar-refractivity contribution in [2.24, 2.45) is 5.92 Å². The Balaban J connectivity index is 1.49. The van der Waals surface area contributed by atoms with Crippen molar-refractivity contribution < 1.29 is 28.5 Å². The number of nitrogens with one attached hydrogen (secondary N) is 2. The average molecular weight is 539 g/mol. The molecule has 10 nitrogen and oxygen atoms in total. The molecule has 3 aromatic rings. The first kappa shape index (κ1) is 25.7. The highest BCUT2D eigenvalue weighted by molar-refractivity contribution is 6.36. The highest BCUT2D eigenvalue weighted by Gasteiger charge is 2.60. The lowest BCUT2D eigenvalue weighted by Crippen LogP contribution is -2.55. The number of carbonyl (C=O) groups excluding carboxylic acids is 2. The number of benzene rings is 2. The number of methoxy groups -OCH3 is 3. The lowest BCUT2D eigenvalue weighted by atomic mass is 9.74. The summed E-state index contributed by atoms with van der Waals surface area (Å²) < 4.78 is 22.0. The maximum Gasteiger partial charge on any atom is 0.236 e. The van der Waals surface area contributed by atoms with Crippen LogP contribution in [0, 0.1) is 5.92 Å². The van der Waals surface area contributed by atoms with Crippen LogP contribution in [0.1, 0.15) is 47.0 Å². The van der Waals surface area contributed by atoms with Gasteiger partial charge in [-0.25, -0.2) is 4.98 Å². The number of ether oxygens (including phenoxy) is 4. The standard InChI is InChI=1S/C27H27ClN4O6/c1-14-10-16(29-23(15-8-6-5-7-9-15)26-30-20(13-35-2)31-32-26)11-19(33)27(14)25(34)21-17(36-3)12-18(37-4)22(28)24(21)38-27/h5-9,11-12,14,23,29H,10,13H2,1-4H3,(H,30,31,32)/t14-,23-,27+/m1/s1. The molecule has 0 radical (unpaired) electrons. The Morgan fingerprint density at radius 1 is 1.18 bits per heavy atom. The van der Waals surface area contributed by atoms with Crippen LogP contribution in [0.2, 0.25) is 5.02 Å². The number of rotatable bonds is 8. The topological polar surface area (TPSA) is 125 Å². The van der Waals surface area contributed by atoms with E-state index in [1.807, 2.05) is 30.3 Å². The Morgan fingerprint density at radius 2 is 1.92 bits per heavy atom. The van der Waals surface area contributed by atoms with Gasteiger partial charge in [0.05, 0.1) is 14.2 Å². The van der Waals surface area contributed by atoms with E-state index in [4.69, 9.17) is 30.5 Å². The number of hydrogen-bond acceptors (Lipinski definition) is 9. The van der Waals surface area contributed by atoms with Crippen molar-refractivity contribution in [3.63, 3.8) is 0 Å². The summed E-state index contributed by atoms with van der Waals surface area (Å²) >= 11 is 6.48. The number of aromatic amines is 1. The lowest BCUT2D eigenvalue weighted by Gasteiger charge is -2.36. The van der Waals surface area contributed by atoms with Gasteiger partial charge in [0.2, 0.25) is 17.2 Å². The average Bonchev–Trinajstić information content (AvgIpc) is 3.51. The van der Waals surface area contributed by atoms with Crippen LogP contribution in [-0.4, -0.2) is 53.7 Å². The van der Waals surface area contributed by atoms with Gasteiger partial charge in [-0.1, -0.05) is 48.9 Å². The monoisotopic (exact) mass is 538 g/mol. The molecule has 0 saturated carbocycles. The highest BCUT2D eigenvalue weighted by atomic mass is 35.5. The van der Waals surface area contributed by atoms with E-state index in [1.54, 1.807) is 14.0 Å². The number of fused-ring (bicyclic) bond motifs is 1. The Labute approximate surface area is 224 Å². The van der Waals surface area contributed by atoms with Crippen LogP contribution in [0.5, 0.6) is 17.2 Å². The van der Waals surface area contributed by atoms with Crippen LogP contribution in [0.4, 0.5) is 0 Å². The van der Waals surface area contributed by atoms with Gasteiger partial charge in [0, 0.05) is 30.9 Å². The summed E-state index contributed by atoms with van der Waals surface area (Å²) in [5, 5.41) is 10.8. The summed E-state index contributed by atoms with van der Waals surface area (Å²) in [6, 6.07) is 10.7. The van der Waals surface area contributed by atoms with Crippen molar-refractivity contribution in [1.29, 1.82) is 0 Å². The number of allylic oxidation sites excluding steroid dienone is 1. The molecular formula is C27H27ClN4O6. The van der Waals surface area contributed by atoms with Crippen molar-refractivity contribution >= 4 is 23.2 Å². The fraction of sp³-hybridized carbons (Fsp3) is 0.333. The van der Waals surface area contributed by atoms with E-state index < -0.39 is 29.1 Å². The van der Waals surface area contributed by atoms with Gasteiger partial charge >= 0.3 is 0 Å². The fourth-order valence-corrected chi connectivity index (χ4v) is 5.26. The van der Waals surface area contributed by atoms with Crippen molar-refractivity contribution in [1.82, 2.24) is 20.5 Å². The van der Waals surface area contributed by atoms with Gasteiger partial charge < -0.3 is 24.3 Å². The summed E-state index contributed by atoms with van der Waals surface area (Å²) in [7, 11) is 4.46. The van der Waals surface area contributed by atoms with Gasteiger partial charge in [0.15, 0.2) is 17.4 Å². The Kier molecular flexibility index (Phi) is 6.85. The number of Topliss-reactive ketones (excluding diaryl/α,β-unsaturated/α-hetero) is 1. The molecule has 2 N–H and O–H groups in total. The molecule has 1 aromatic heterocycles. The number of halogens is 1. The molecule has 0 bridgehead atoms. The SMILES string of the molecule is COCc1nc([C@H](NC2=CC(=O)[C@@]3(Oc4c(Cl)c(OC)cc(OC)c4C3=O)[C@H](C)C2)c2ccccc2)n[nH]1. The molecule has 198 valence electrons. The lowest BCUT2D eigenvalue weighted by molar-refractivity contribution is -0.129. The molecule has 1 aliphatic heterocycles. The molecule has 5 rings (SSSR count). The molecule has 2 heterocycles. The number of hydrogen-bond donors (Lipinski definition) is 2. The molecule has 2 aromatic carbocycles. The second-order valence-corrected chi connectivity index (χ2v) is 9.54. The molecule has 1 spiro atoms. The quantitative estimate of drug-likeness (QED) is 0.412. The first-order valence-electron chi connectivity index (χ1n) is 12.0. The van der Waals surface area contributed by atoms with E-state index in [9.17, 15) is 9.59 Å². The number of ketones is 2. The van der Waals surface area contributed by atoms with E-state index in [-0.39, 0.29) is 34.4 Å². The van der Waals surface area contributed by atoms with Gasteiger partial charge in [-0.05, 0) is 12.0 Å². The smallest absolute Gasteiger partial charge is 0.236 e. The predicted molar refractivity (Wildman–Crippen MR) is 138 cm³/mol. The van der Waals surface area contributed by atoms with E-state index in [0.29, 0.717) is 23.8 Å². The third-order valence-corrected chi connectivity index (χ3v) is 7.22. The second-order valence-electron chi connectivity index (χ2n) is 9.17. The van der Waals surface area contributed by atoms with Crippen LogP contribution in [0.3, 0.4) is 0 Å². The molecule has 11 heteroatoms. The molecule has 1 aliphatic carbocycles. The summed E-state index contributed by atoms with van der Waals surface area (Å²) in [5.41, 5.74) is -0.0872. The largest absolute Gasteiger partial charge is 0.496 e. The van der Waals surface area contributed by atoms with E-state index in [0.717, 1.165) is 5.56 Å². The van der Waals surface area contributed by atoms with Crippen LogP contribution in [0.25, 0.3) is 0 Å². The van der Waals surface area contributed by atoms with E-state index >= 15 is 0 Å². The Bertz CT molecular complexity index is 1420. The minimum absolute atomic E-state index is 0.0893. The molecule has 0 unspecified atom stereocenters. The molecule has 38 heavy (non-hydrogen) atoms. The molecule has 2 aliphatic rings. The maximum atomic E-state index is 13.8. The minimum Gasteiger partial charge on any atom is -0.496 e. The van der Waals surface area contributed by atoms with E-state index in [1.165, 1.54) is 26.4 Å². The van der Waals surface area contributed by atoms with E-state index in [2.05, 4.69) is 20.5 Å². The van der Waals surface area contributed by atoms with Crippen molar-refractivity contribution in [3.05, 3.63) is 76.0 Å². The molecule has 3 atom stereocenters. The maximum absolute atomic E-state index is 13.8. The van der Waals surface area contributed by atoms with Gasteiger partial charge in [-0.2, -0.15) is 5.10 Å². The van der Waals surface area contributed by atoms with Gasteiger partial charge in [0.1, 0.15) is 34.7 Å². The fourth-order valence-electron chi connectivity index (χ4n) is 5.00. The Morgan fingerprint density at radius 3 is 2.58 bits per heavy atom. The number of carbonyl (C=O) groups is 2. The molecule has 0 saturated heterocycles. The van der Waals surface area contributed by atoms with Crippen LogP contribution < -0.4 is 19.5 Å². The van der Waals surface area contributed by atoms with Gasteiger partial charge in [-0.3, -0.25) is 14.7 Å². The van der Waals surface area contributed by atoms with Crippen molar-refractivity contribution in [2.45, 2.75) is 31.6 Å². The number of aromatic nitrogens is 3. The van der Waals surface area contributed by atoms with Crippen molar-refractivity contribution in [3.8, 4) is 17.2 Å². The van der Waals surface area contributed by atoms with Gasteiger partial charge in [0.25, 0.3) is 0 Å². The van der Waals surface area contributed by atoms with Crippen LogP contribution in [0.15, 0.2) is 48.2 Å². The first-order valence-corrected chi connectivity index (χ1v) is 12.4. The number of nitrogens with zero attached hydrogens (tertiary/aromatic N) is 2. The Hall–Kier alpha value is -3.89. The molecule has 0 amide bonds. The number of H-pyrrole nitrogens is 1. The predicted octanol–water partition coefficient (Wildman–Crippen LogP) is 3.81. The summed E-state index contributed by atoms with van der Waals surface area (Å²) in [4.78, 5) is 32.0. The van der Waals surface area contributed by atoms with Crippen LogP contribution in [-0.2, 0) is 16.1 Å². The zero-order chi connectivity index (χ0) is 27.0. The highest BCUT2D eigenvalue weighted by Crippen LogP contribution is 2.53. The molecular weight excluding hydrogens is 512 g/mol. The summed E-state index contributed by atoms with van der Waals surface area (Å²) in [6.07, 6.45) is 1.77. The summed E-state index contributed by atoms with van der Waals surface area (Å²) in [5.74, 6) is 0.179. The zero-order valence-electron chi connectivity index (χ0n) is 21.3.